The van der Waals surface area contributed by atoms with Crippen LogP contribution in [0.4, 0.5) is 0 Å². The molecule has 2 rings (SSSR count). The highest BCUT2D eigenvalue weighted by atomic mass is 16.7. The van der Waals surface area contributed by atoms with Crippen LogP contribution in [0.3, 0.4) is 0 Å². The molecule has 0 unspecified atom stereocenters. The number of ether oxygens (including phenoxy) is 4. The Morgan fingerprint density at radius 2 is 1.80 bits per heavy atom. The van der Waals surface area contributed by atoms with Gasteiger partial charge in [0.15, 0.2) is 17.3 Å². The molecule has 6 heteroatoms. The number of carbonyl (C=O) groups is 1. The van der Waals surface area contributed by atoms with Gasteiger partial charge in [0.25, 0.3) is 0 Å². The minimum Gasteiger partial charge on any atom is -0.507 e. The highest BCUT2D eigenvalue weighted by Crippen LogP contribution is 2.37. The van der Waals surface area contributed by atoms with Crippen LogP contribution in [-0.4, -0.2) is 45.1 Å². The molecule has 0 aromatic heterocycles. The Bertz CT molecular complexity index is 725. The van der Waals surface area contributed by atoms with Crippen LogP contribution >= 0.6 is 0 Å². The van der Waals surface area contributed by atoms with E-state index in [0.717, 1.165) is 0 Å². The number of phenols is 1. The zero-order valence-electron chi connectivity index (χ0n) is 14.7. The number of rotatable bonds is 7. The van der Waals surface area contributed by atoms with E-state index in [-0.39, 0.29) is 17.1 Å². The van der Waals surface area contributed by atoms with E-state index in [1.54, 1.807) is 24.3 Å². The second kappa shape index (κ2) is 8.00. The summed E-state index contributed by atoms with van der Waals surface area (Å²) in [6.07, 6.45) is 5.21. The van der Waals surface area contributed by atoms with Crippen molar-refractivity contribution in [1.82, 2.24) is 0 Å². The van der Waals surface area contributed by atoms with Crippen molar-refractivity contribution < 1.29 is 28.8 Å². The van der Waals surface area contributed by atoms with Crippen LogP contribution in [0, 0.1) is 0 Å². The van der Waals surface area contributed by atoms with Gasteiger partial charge in [-0.2, -0.15) is 0 Å². The maximum Gasteiger partial charge on any atom is 0.234 e. The summed E-state index contributed by atoms with van der Waals surface area (Å²) in [6.45, 7) is 0. The monoisotopic (exact) mass is 346 g/mol. The molecule has 0 aliphatic heterocycles. The van der Waals surface area contributed by atoms with Gasteiger partial charge in [-0.1, -0.05) is 18.2 Å². The van der Waals surface area contributed by atoms with Gasteiger partial charge in [0.05, 0.1) is 19.8 Å². The summed E-state index contributed by atoms with van der Waals surface area (Å²) < 4.78 is 21.8. The van der Waals surface area contributed by atoms with Crippen LogP contribution < -0.4 is 0 Å². The lowest BCUT2D eigenvalue weighted by molar-refractivity contribution is -0.201. The normalized spacial score (nSPS) is 16.7. The third kappa shape index (κ3) is 3.60. The Morgan fingerprint density at radius 1 is 1.12 bits per heavy atom. The summed E-state index contributed by atoms with van der Waals surface area (Å²) in [5.74, 6) is -0.647. The highest BCUT2D eigenvalue weighted by Gasteiger charge is 2.41. The minimum atomic E-state index is -1.07. The molecule has 0 bridgehead atoms. The van der Waals surface area contributed by atoms with Gasteiger partial charge in [0.1, 0.15) is 5.75 Å². The van der Waals surface area contributed by atoms with E-state index >= 15 is 0 Å². The number of carbonyl (C=O) groups excluding carboxylic acids is 1. The van der Waals surface area contributed by atoms with Crippen LogP contribution in [0.25, 0.3) is 0 Å². The Morgan fingerprint density at radius 3 is 2.36 bits per heavy atom. The molecular formula is C19H22O6. The molecule has 1 aromatic rings. The fourth-order valence-electron chi connectivity index (χ4n) is 2.71. The van der Waals surface area contributed by atoms with Crippen molar-refractivity contribution in [1.29, 1.82) is 0 Å². The van der Waals surface area contributed by atoms with E-state index in [1.807, 2.05) is 6.08 Å². The molecule has 0 spiro atoms. The molecule has 134 valence electrons. The molecule has 1 aromatic carbocycles. The van der Waals surface area contributed by atoms with Gasteiger partial charge in [-0.3, -0.25) is 4.79 Å². The number of phenolic OH excluding ortho intramolecular Hbond substituents is 1. The number of hydrogen-bond acceptors (Lipinski definition) is 6. The number of aromatic hydroxyl groups is 1. The molecular weight excluding hydrogens is 324 g/mol. The van der Waals surface area contributed by atoms with Crippen LogP contribution in [0.1, 0.15) is 16.8 Å². The number of para-hydroxylation sites is 1. The quantitative estimate of drug-likeness (QED) is 0.465. The molecule has 0 saturated carbocycles. The van der Waals surface area contributed by atoms with E-state index in [4.69, 9.17) is 18.9 Å². The molecule has 0 saturated heterocycles. The molecule has 0 amide bonds. The summed E-state index contributed by atoms with van der Waals surface area (Å²) in [5, 5.41) is 9.77. The maximum absolute atomic E-state index is 12.3. The molecule has 1 aliphatic rings. The van der Waals surface area contributed by atoms with Gasteiger partial charge in [-0.05, 0) is 24.3 Å². The fraction of sp³-hybridized carbons (Fsp3) is 0.316. The van der Waals surface area contributed by atoms with Crippen LogP contribution in [0.2, 0.25) is 0 Å². The summed E-state index contributed by atoms with van der Waals surface area (Å²) in [6, 6.07) is 6.38. The van der Waals surface area contributed by atoms with Gasteiger partial charge in [-0.15, -0.1) is 0 Å². The maximum atomic E-state index is 12.3. The van der Waals surface area contributed by atoms with Crippen molar-refractivity contribution in [3.05, 3.63) is 65.1 Å². The first-order valence-corrected chi connectivity index (χ1v) is 7.67. The van der Waals surface area contributed by atoms with Gasteiger partial charge in [-0.25, -0.2) is 0 Å². The van der Waals surface area contributed by atoms with Gasteiger partial charge < -0.3 is 24.1 Å². The molecule has 0 radical (unpaired) electrons. The van der Waals surface area contributed by atoms with E-state index in [1.165, 1.54) is 40.6 Å². The Labute approximate surface area is 147 Å². The van der Waals surface area contributed by atoms with E-state index < -0.39 is 5.79 Å². The zero-order valence-corrected chi connectivity index (χ0v) is 14.7. The van der Waals surface area contributed by atoms with Crippen molar-refractivity contribution in [2.24, 2.45) is 0 Å². The highest BCUT2D eigenvalue weighted by molar-refractivity contribution is 6.06. The second-order valence-corrected chi connectivity index (χ2v) is 5.31. The zero-order chi connectivity index (χ0) is 18.4. The summed E-state index contributed by atoms with van der Waals surface area (Å²) in [4.78, 5) is 12.3. The molecule has 0 atom stereocenters. The van der Waals surface area contributed by atoms with Crippen molar-refractivity contribution in [2.45, 2.75) is 12.2 Å². The lowest BCUT2D eigenvalue weighted by Crippen LogP contribution is -2.39. The average Bonchev–Trinajstić information content (AvgIpc) is 2.65. The van der Waals surface area contributed by atoms with E-state index in [2.05, 4.69) is 0 Å². The summed E-state index contributed by atoms with van der Waals surface area (Å²) in [7, 11) is 6.04. The van der Waals surface area contributed by atoms with Gasteiger partial charge in [0, 0.05) is 26.2 Å². The minimum absolute atomic E-state index is 0.0624. The van der Waals surface area contributed by atoms with Crippen molar-refractivity contribution >= 4 is 5.78 Å². The largest absolute Gasteiger partial charge is 0.507 e. The first-order valence-electron chi connectivity index (χ1n) is 7.67. The molecule has 0 fully saturated rings. The van der Waals surface area contributed by atoms with Crippen LogP contribution in [0.5, 0.6) is 5.75 Å². The molecule has 1 N–H and O–H groups in total. The predicted molar refractivity (Wildman–Crippen MR) is 92.1 cm³/mol. The van der Waals surface area contributed by atoms with E-state index in [0.29, 0.717) is 23.5 Å². The third-order valence-corrected chi connectivity index (χ3v) is 4.06. The second-order valence-electron chi connectivity index (χ2n) is 5.31. The molecule has 0 heterocycles. The topological polar surface area (TPSA) is 74.2 Å². The summed E-state index contributed by atoms with van der Waals surface area (Å²) >= 11 is 0. The van der Waals surface area contributed by atoms with Crippen LogP contribution in [0.15, 0.2) is 59.6 Å². The lowest BCUT2D eigenvalue weighted by atomic mass is 9.96. The van der Waals surface area contributed by atoms with Gasteiger partial charge >= 0.3 is 0 Å². The average molecular weight is 346 g/mol. The Hall–Kier alpha value is -2.57. The predicted octanol–water partition coefficient (Wildman–Crippen LogP) is 2.95. The van der Waals surface area contributed by atoms with Gasteiger partial charge in [0.2, 0.25) is 5.79 Å². The van der Waals surface area contributed by atoms with E-state index in [9.17, 15) is 9.90 Å². The van der Waals surface area contributed by atoms with Crippen molar-refractivity contribution in [3.63, 3.8) is 0 Å². The Kier molecular flexibility index (Phi) is 6.01. The Balaban J connectivity index is 2.34. The van der Waals surface area contributed by atoms with Crippen molar-refractivity contribution in [2.75, 3.05) is 28.4 Å². The number of hydrogen-bond donors (Lipinski definition) is 1. The standard InChI is InChI=1S/C19H22O6/c1-22-17-13(11-12-19(24-3,25-4)18(17)23-2)9-10-16(21)14-7-5-6-8-15(14)20/h5-11,20H,12H2,1-4H3. The SMILES string of the molecule is COC1=C(OC)C(OC)(OC)CC=C1C=CC(=O)c1ccccc1O. The number of benzene rings is 1. The smallest absolute Gasteiger partial charge is 0.234 e. The first kappa shape index (κ1) is 18.8. The fourth-order valence-corrected chi connectivity index (χ4v) is 2.71. The summed E-state index contributed by atoms with van der Waals surface area (Å²) in [5.41, 5.74) is 0.890. The first-order chi connectivity index (χ1) is 12.0. The molecule has 6 nitrogen and oxygen atoms in total. The van der Waals surface area contributed by atoms with Crippen molar-refractivity contribution in [3.8, 4) is 5.75 Å². The molecule has 1 aliphatic carbocycles. The number of allylic oxidation sites excluding steroid dienone is 2. The lowest BCUT2D eigenvalue weighted by Gasteiger charge is -2.35. The molecule has 25 heavy (non-hydrogen) atoms. The van der Waals surface area contributed by atoms with Crippen LogP contribution in [-0.2, 0) is 18.9 Å². The number of methoxy groups -OCH3 is 4. The number of ketones is 1. The third-order valence-electron chi connectivity index (χ3n) is 4.06.